The molecule has 0 unspecified atom stereocenters. The summed E-state index contributed by atoms with van der Waals surface area (Å²) in [5, 5.41) is 0. The van der Waals surface area contributed by atoms with Gasteiger partial charge >= 0.3 is 0 Å². The van der Waals surface area contributed by atoms with Gasteiger partial charge in [-0.05, 0) is 61.7 Å². The van der Waals surface area contributed by atoms with Gasteiger partial charge in [-0.25, -0.2) is 18.2 Å². The average Bonchev–Trinajstić information content (AvgIpc) is 2.91. The van der Waals surface area contributed by atoms with Gasteiger partial charge in [-0.1, -0.05) is 36.4 Å². The van der Waals surface area contributed by atoms with Crippen molar-refractivity contribution >= 4 is 6.02 Å². The van der Waals surface area contributed by atoms with E-state index in [2.05, 4.69) is 4.99 Å². The monoisotopic (exact) mass is 526 g/mol. The van der Waals surface area contributed by atoms with Crippen molar-refractivity contribution in [2.45, 2.75) is 51.7 Å². The SMILES string of the molecule is COc1ccc(CN(Cc2ccc(C)cc2OC)C2=N[C@](C)(c3ccccc3F)[C@@H](F)[C@@H](CF)O2)c(C)c1. The van der Waals surface area contributed by atoms with E-state index >= 15 is 4.39 Å². The molecule has 0 aliphatic carbocycles. The van der Waals surface area contributed by atoms with E-state index in [1.165, 1.54) is 25.1 Å². The predicted molar refractivity (Wildman–Crippen MR) is 142 cm³/mol. The maximum atomic E-state index is 15.7. The molecule has 5 nitrogen and oxygen atoms in total. The minimum Gasteiger partial charge on any atom is -0.497 e. The first-order chi connectivity index (χ1) is 18.2. The minimum atomic E-state index is -1.90. The molecule has 1 aliphatic rings. The first-order valence-electron chi connectivity index (χ1n) is 12.4. The van der Waals surface area contributed by atoms with Gasteiger partial charge in [0.2, 0.25) is 0 Å². The lowest BCUT2D eigenvalue weighted by atomic mass is 9.84. The van der Waals surface area contributed by atoms with Gasteiger partial charge in [-0.3, -0.25) is 0 Å². The zero-order chi connectivity index (χ0) is 27.4. The molecule has 0 amide bonds. The highest BCUT2D eigenvalue weighted by Gasteiger charge is 2.49. The summed E-state index contributed by atoms with van der Waals surface area (Å²) >= 11 is 0. The summed E-state index contributed by atoms with van der Waals surface area (Å²) < 4.78 is 61.5. The molecule has 1 aliphatic heterocycles. The Balaban J connectivity index is 1.83. The Morgan fingerprint density at radius 1 is 0.974 bits per heavy atom. The fourth-order valence-corrected chi connectivity index (χ4v) is 4.74. The number of hydrogen-bond acceptors (Lipinski definition) is 5. The van der Waals surface area contributed by atoms with Crippen molar-refractivity contribution in [1.29, 1.82) is 0 Å². The van der Waals surface area contributed by atoms with Crippen LogP contribution in [0.25, 0.3) is 0 Å². The molecule has 0 fully saturated rings. The van der Waals surface area contributed by atoms with Crippen LogP contribution in [0.5, 0.6) is 11.5 Å². The summed E-state index contributed by atoms with van der Waals surface area (Å²) in [6.45, 7) is 4.90. The number of hydrogen-bond donors (Lipinski definition) is 0. The summed E-state index contributed by atoms with van der Waals surface area (Å²) in [7, 11) is 3.19. The molecule has 0 saturated heterocycles. The lowest BCUT2D eigenvalue weighted by Gasteiger charge is -2.41. The van der Waals surface area contributed by atoms with Crippen molar-refractivity contribution in [3.8, 4) is 11.5 Å². The molecule has 3 aromatic carbocycles. The number of aliphatic imine (C=N–C) groups is 1. The van der Waals surface area contributed by atoms with Gasteiger partial charge in [-0.2, -0.15) is 0 Å². The Hall–Kier alpha value is -3.68. The number of rotatable bonds is 8. The highest BCUT2D eigenvalue weighted by Crippen LogP contribution is 2.40. The van der Waals surface area contributed by atoms with E-state index in [1.54, 1.807) is 25.2 Å². The van der Waals surface area contributed by atoms with E-state index in [0.29, 0.717) is 18.0 Å². The summed E-state index contributed by atoms with van der Waals surface area (Å²) in [5.41, 5.74) is 2.11. The number of nitrogens with zero attached hydrogens (tertiary/aromatic N) is 2. The lowest BCUT2D eigenvalue weighted by Crippen LogP contribution is -2.52. The van der Waals surface area contributed by atoms with Crippen LogP contribution in [-0.4, -0.2) is 44.1 Å². The minimum absolute atomic E-state index is 0.0325. The fourth-order valence-electron chi connectivity index (χ4n) is 4.74. The normalized spacial score (nSPS) is 20.9. The van der Waals surface area contributed by atoms with Gasteiger partial charge in [0.15, 0.2) is 12.3 Å². The quantitative estimate of drug-likeness (QED) is 0.339. The summed E-state index contributed by atoms with van der Waals surface area (Å²) in [6.07, 6.45) is -3.35. The van der Waals surface area contributed by atoms with Gasteiger partial charge < -0.3 is 19.1 Å². The second-order valence-electron chi connectivity index (χ2n) is 9.70. The van der Waals surface area contributed by atoms with E-state index < -0.39 is 30.3 Å². The van der Waals surface area contributed by atoms with Crippen LogP contribution in [0.3, 0.4) is 0 Å². The van der Waals surface area contributed by atoms with Gasteiger partial charge in [0, 0.05) is 17.7 Å². The van der Waals surface area contributed by atoms with Crippen LogP contribution < -0.4 is 9.47 Å². The number of methoxy groups -OCH3 is 2. The second kappa shape index (κ2) is 11.4. The maximum absolute atomic E-state index is 15.7. The molecule has 0 aromatic heterocycles. The van der Waals surface area contributed by atoms with E-state index in [9.17, 15) is 8.78 Å². The van der Waals surface area contributed by atoms with E-state index in [4.69, 9.17) is 14.2 Å². The summed E-state index contributed by atoms with van der Waals surface area (Å²) in [5.74, 6) is 0.771. The standard InChI is InChI=1S/C30H33F3N2O3/c1-19-10-11-22(26(14-19)37-5)18-35(17-21-12-13-23(36-4)15-20(21)2)29-34-30(3,28(33)27(16-31)38-29)24-8-6-7-9-25(24)32/h6-15,27-28H,16-18H2,1-5H3/t27-,28+,30-/m1/s1. The van der Waals surface area contributed by atoms with Gasteiger partial charge in [-0.15, -0.1) is 0 Å². The number of alkyl halides is 2. The van der Waals surface area contributed by atoms with E-state index in [-0.39, 0.29) is 18.1 Å². The zero-order valence-electron chi connectivity index (χ0n) is 22.3. The van der Waals surface area contributed by atoms with Gasteiger partial charge in [0.1, 0.15) is 29.5 Å². The fraction of sp³-hybridized carbons (Fsp3) is 0.367. The molecule has 0 spiro atoms. The first-order valence-corrected chi connectivity index (χ1v) is 12.4. The number of halogens is 3. The Bertz CT molecular complexity index is 1320. The molecule has 0 radical (unpaired) electrons. The third-order valence-corrected chi connectivity index (χ3v) is 7.00. The van der Waals surface area contributed by atoms with Crippen molar-refractivity contribution in [3.63, 3.8) is 0 Å². The molecule has 38 heavy (non-hydrogen) atoms. The van der Waals surface area contributed by atoms with Gasteiger partial charge in [0.25, 0.3) is 6.02 Å². The largest absolute Gasteiger partial charge is 0.497 e. The number of ether oxygens (including phenoxy) is 3. The van der Waals surface area contributed by atoms with Crippen LogP contribution in [0.2, 0.25) is 0 Å². The first kappa shape index (κ1) is 27.4. The molecule has 3 aromatic rings. The third kappa shape index (κ3) is 5.44. The van der Waals surface area contributed by atoms with Crippen molar-refractivity contribution < 1.29 is 27.4 Å². The number of benzene rings is 3. The second-order valence-corrected chi connectivity index (χ2v) is 9.70. The Kier molecular flexibility index (Phi) is 8.19. The van der Waals surface area contributed by atoms with Crippen LogP contribution >= 0.6 is 0 Å². The molecular formula is C30H33F3N2O3. The van der Waals surface area contributed by atoms with Crippen molar-refractivity contribution in [3.05, 3.63) is 94.3 Å². The van der Waals surface area contributed by atoms with Crippen LogP contribution in [0.1, 0.15) is 34.7 Å². The molecule has 8 heteroatoms. The maximum Gasteiger partial charge on any atom is 0.289 e. The van der Waals surface area contributed by atoms with E-state index in [1.807, 2.05) is 50.2 Å². The van der Waals surface area contributed by atoms with Crippen molar-refractivity contribution in [2.24, 2.45) is 4.99 Å². The van der Waals surface area contributed by atoms with Crippen LogP contribution in [0.4, 0.5) is 13.2 Å². The summed E-state index contributed by atoms with van der Waals surface area (Å²) in [4.78, 5) is 6.43. The number of amidine groups is 1. The smallest absolute Gasteiger partial charge is 0.289 e. The van der Waals surface area contributed by atoms with Crippen molar-refractivity contribution in [2.75, 3.05) is 20.9 Å². The van der Waals surface area contributed by atoms with Crippen LogP contribution in [0.15, 0.2) is 65.7 Å². The van der Waals surface area contributed by atoms with Crippen LogP contribution in [0, 0.1) is 19.7 Å². The van der Waals surface area contributed by atoms with Crippen LogP contribution in [-0.2, 0) is 23.4 Å². The highest BCUT2D eigenvalue weighted by molar-refractivity contribution is 5.76. The molecule has 3 atom stereocenters. The van der Waals surface area contributed by atoms with Crippen molar-refractivity contribution in [1.82, 2.24) is 4.90 Å². The number of aryl methyl sites for hydroxylation is 2. The Labute approximate surface area is 221 Å². The Morgan fingerprint density at radius 3 is 2.34 bits per heavy atom. The molecule has 4 rings (SSSR count). The van der Waals surface area contributed by atoms with E-state index in [0.717, 1.165) is 22.3 Å². The molecule has 1 heterocycles. The molecule has 0 bridgehead atoms. The molecule has 202 valence electrons. The third-order valence-electron chi connectivity index (χ3n) is 7.00. The molecular weight excluding hydrogens is 493 g/mol. The van der Waals surface area contributed by atoms with Gasteiger partial charge in [0.05, 0.1) is 20.8 Å². The molecule has 0 saturated carbocycles. The highest BCUT2D eigenvalue weighted by atomic mass is 19.1. The molecule has 0 N–H and O–H groups in total. The zero-order valence-corrected chi connectivity index (χ0v) is 22.3. The lowest BCUT2D eigenvalue weighted by molar-refractivity contribution is -0.0101. The summed E-state index contributed by atoms with van der Waals surface area (Å²) in [6, 6.07) is 17.4. The predicted octanol–water partition coefficient (Wildman–Crippen LogP) is 6.44. The Morgan fingerprint density at radius 2 is 1.68 bits per heavy atom. The average molecular weight is 527 g/mol. The topological polar surface area (TPSA) is 43.3 Å².